The zero-order valence-electron chi connectivity index (χ0n) is 5.78. The molecule has 0 aliphatic heterocycles. The molecule has 0 unspecified atom stereocenters. The van der Waals surface area contributed by atoms with Gasteiger partial charge >= 0.3 is 6.99 Å². The number of unbranched alkanes of at least 4 members (excludes halogenated alkanes) is 2. The van der Waals surface area contributed by atoms with E-state index < -0.39 is 6.99 Å². The van der Waals surface area contributed by atoms with Crippen molar-refractivity contribution < 1.29 is 4.32 Å². The van der Waals surface area contributed by atoms with Crippen LogP contribution in [0.25, 0.3) is 0 Å². The van der Waals surface area contributed by atoms with Gasteiger partial charge in [-0.2, -0.15) is 0 Å². The largest absolute Gasteiger partial charge is 0.345 e. The maximum atomic E-state index is 12.0. The fraction of sp³-hybridized carbons (Fsp3) is 1.00. The fourth-order valence-corrected chi connectivity index (χ4v) is 0.676. The summed E-state index contributed by atoms with van der Waals surface area (Å²) in [5.74, 6) is 0. The Kier molecular flexibility index (Phi) is 5.13. The van der Waals surface area contributed by atoms with Crippen LogP contribution in [0.2, 0.25) is 13.1 Å². The zero-order valence-corrected chi connectivity index (χ0v) is 5.78. The molecule has 2 heteroatoms. The summed E-state index contributed by atoms with van der Waals surface area (Å²) < 4.78 is 12.0. The summed E-state index contributed by atoms with van der Waals surface area (Å²) in [7, 11) is 0. The number of halogens is 1. The molecule has 0 radical (unpaired) electrons. The van der Waals surface area contributed by atoms with Crippen molar-refractivity contribution in [2.75, 3.05) is 0 Å². The lowest BCUT2D eigenvalue weighted by atomic mass is 9.70. The van der Waals surface area contributed by atoms with E-state index in [1.54, 1.807) is 6.82 Å². The molecule has 0 N–H and O–H groups in total. The maximum absolute atomic E-state index is 12.0. The van der Waals surface area contributed by atoms with Crippen LogP contribution in [-0.2, 0) is 0 Å². The molecule has 0 aromatic rings. The van der Waals surface area contributed by atoms with Crippen molar-refractivity contribution in [3.05, 3.63) is 0 Å². The van der Waals surface area contributed by atoms with Crippen LogP contribution in [0.15, 0.2) is 0 Å². The van der Waals surface area contributed by atoms with Crippen molar-refractivity contribution in [3.8, 4) is 0 Å². The second-order valence-electron chi connectivity index (χ2n) is 2.28. The first-order chi connectivity index (χ1) is 3.77. The van der Waals surface area contributed by atoms with Crippen molar-refractivity contribution >= 4 is 6.99 Å². The average Bonchev–Trinajstić information content (AvgIpc) is 1.66. The molecule has 0 aliphatic rings. The molecule has 0 nitrogen and oxygen atoms in total. The van der Waals surface area contributed by atoms with Gasteiger partial charge in [-0.15, -0.1) is 0 Å². The molecule has 48 valence electrons. The van der Waals surface area contributed by atoms with Gasteiger partial charge < -0.3 is 4.32 Å². The minimum absolute atomic E-state index is 0.596. The third kappa shape index (κ3) is 5.99. The van der Waals surface area contributed by atoms with E-state index >= 15 is 0 Å². The number of rotatable bonds is 4. The monoisotopic (exact) mass is 116 g/mol. The minimum atomic E-state index is -0.596. The van der Waals surface area contributed by atoms with E-state index in [1.165, 1.54) is 12.8 Å². The highest BCUT2D eigenvalue weighted by molar-refractivity contribution is 6.49. The van der Waals surface area contributed by atoms with E-state index in [9.17, 15) is 4.32 Å². The molecule has 8 heavy (non-hydrogen) atoms. The van der Waals surface area contributed by atoms with Crippen LogP contribution in [0, 0.1) is 0 Å². The summed E-state index contributed by atoms with van der Waals surface area (Å²) in [5, 5.41) is 0. The second-order valence-corrected chi connectivity index (χ2v) is 2.28. The van der Waals surface area contributed by atoms with Gasteiger partial charge in [0.15, 0.2) is 0 Å². The van der Waals surface area contributed by atoms with Gasteiger partial charge in [0.25, 0.3) is 0 Å². The zero-order chi connectivity index (χ0) is 6.41. The standard InChI is InChI=1S/C6H14BF/c1-3-4-5-6-7(2)8/h3-6H2,1-2H3. The van der Waals surface area contributed by atoms with Crippen molar-refractivity contribution in [2.45, 2.75) is 39.3 Å². The highest BCUT2D eigenvalue weighted by Crippen LogP contribution is 2.03. The van der Waals surface area contributed by atoms with Gasteiger partial charge in [0.1, 0.15) is 0 Å². The summed E-state index contributed by atoms with van der Waals surface area (Å²) in [4.78, 5) is 0. The first-order valence-corrected chi connectivity index (χ1v) is 3.41. The lowest BCUT2D eigenvalue weighted by Gasteiger charge is -1.93. The van der Waals surface area contributed by atoms with Gasteiger partial charge in [-0.3, -0.25) is 0 Å². The highest BCUT2D eigenvalue weighted by Gasteiger charge is 2.01. The molecule has 0 atom stereocenters. The third-order valence-corrected chi connectivity index (χ3v) is 1.21. The van der Waals surface area contributed by atoms with Crippen molar-refractivity contribution in [1.29, 1.82) is 0 Å². The van der Waals surface area contributed by atoms with Crippen molar-refractivity contribution in [2.24, 2.45) is 0 Å². The normalized spacial score (nSPS) is 9.38. The van der Waals surface area contributed by atoms with Gasteiger partial charge in [0.05, 0.1) is 0 Å². The van der Waals surface area contributed by atoms with Crippen LogP contribution < -0.4 is 0 Å². The predicted octanol–water partition coefficient (Wildman–Crippen LogP) is 2.77. The van der Waals surface area contributed by atoms with Gasteiger partial charge in [-0.1, -0.05) is 33.0 Å². The van der Waals surface area contributed by atoms with E-state index in [4.69, 9.17) is 0 Å². The molecule has 0 amide bonds. The van der Waals surface area contributed by atoms with E-state index in [0.29, 0.717) is 0 Å². The van der Waals surface area contributed by atoms with Crippen LogP contribution in [0.5, 0.6) is 0 Å². The van der Waals surface area contributed by atoms with Crippen molar-refractivity contribution in [1.82, 2.24) is 0 Å². The molecule has 0 saturated heterocycles. The van der Waals surface area contributed by atoms with Crippen LogP contribution in [-0.4, -0.2) is 6.99 Å². The quantitative estimate of drug-likeness (QED) is 0.391. The first kappa shape index (κ1) is 7.99. The van der Waals surface area contributed by atoms with E-state index in [1.807, 2.05) is 0 Å². The van der Waals surface area contributed by atoms with Crippen LogP contribution in [0.4, 0.5) is 4.32 Å². The Morgan fingerprint density at radius 3 is 2.38 bits per heavy atom. The smallest absolute Gasteiger partial charge is 0.337 e. The molecular formula is C6H14BF. The lowest BCUT2D eigenvalue weighted by Crippen LogP contribution is -1.95. The number of hydrogen-bond donors (Lipinski definition) is 0. The van der Waals surface area contributed by atoms with Gasteiger partial charge in [-0.05, 0) is 6.32 Å². The topological polar surface area (TPSA) is 0 Å². The van der Waals surface area contributed by atoms with Gasteiger partial charge in [0, 0.05) is 0 Å². The molecule has 0 heterocycles. The molecule has 0 bridgehead atoms. The lowest BCUT2D eigenvalue weighted by molar-refractivity contribution is 0.734. The van der Waals surface area contributed by atoms with E-state index in [0.717, 1.165) is 12.7 Å². The molecule has 0 aliphatic carbocycles. The predicted molar refractivity (Wildman–Crippen MR) is 37.1 cm³/mol. The Hall–Kier alpha value is -0.00506. The Balaban J connectivity index is 2.72. The van der Waals surface area contributed by atoms with Crippen LogP contribution in [0.1, 0.15) is 26.2 Å². The Bertz CT molecular complexity index is 45.8. The summed E-state index contributed by atoms with van der Waals surface area (Å²) >= 11 is 0. The molecule has 0 saturated carbocycles. The average molecular weight is 116 g/mol. The highest BCUT2D eigenvalue weighted by atomic mass is 19.1. The van der Waals surface area contributed by atoms with E-state index in [2.05, 4.69) is 6.92 Å². The summed E-state index contributed by atoms with van der Waals surface area (Å²) in [5.41, 5.74) is 0. The SMILES string of the molecule is CCCCCB(C)F. The third-order valence-electron chi connectivity index (χ3n) is 1.21. The minimum Gasteiger partial charge on any atom is -0.337 e. The van der Waals surface area contributed by atoms with Gasteiger partial charge in [0.2, 0.25) is 0 Å². The molecule has 0 fully saturated rings. The molecule has 0 aromatic carbocycles. The molecule has 0 aromatic heterocycles. The summed E-state index contributed by atoms with van der Waals surface area (Å²) in [6, 6.07) is 0. The molecule has 0 spiro atoms. The van der Waals surface area contributed by atoms with Crippen molar-refractivity contribution in [3.63, 3.8) is 0 Å². The first-order valence-electron chi connectivity index (χ1n) is 3.41. The molecule has 0 rings (SSSR count). The Morgan fingerprint density at radius 1 is 1.38 bits per heavy atom. The molecular weight excluding hydrogens is 102 g/mol. The van der Waals surface area contributed by atoms with Crippen LogP contribution >= 0.6 is 0 Å². The fourth-order valence-electron chi connectivity index (χ4n) is 0.676. The maximum Gasteiger partial charge on any atom is 0.345 e. The van der Waals surface area contributed by atoms with E-state index in [-0.39, 0.29) is 0 Å². The van der Waals surface area contributed by atoms with Gasteiger partial charge in [-0.25, -0.2) is 0 Å². The Labute approximate surface area is 51.6 Å². The number of hydrogen-bond acceptors (Lipinski definition) is 0. The summed E-state index contributed by atoms with van der Waals surface area (Å²) in [6.07, 6.45) is 4.16. The Morgan fingerprint density at radius 2 is 2.00 bits per heavy atom. The summed E-state index contributed by atoms with van der Waals surface area (Å²) in [6.45, 7) is 3.15. The van der Waals surface area contributed by atoms with Crippen LogP contribution in [0.3, 0.4) is 0 Å². The second kappa shape index (κ2) is 5.14.